The maximum atomic E-state index is 12.6. The van der Waals surface area contributed by atoms with E-state index >= 15 is 0 Å². The Balaban J connectivity index is 1.75. The smallest absolute Gasteiger partial charge is 0.234 e. The molecule has 0 bridgehead atoms. The summed E-state index contributed by atoms with van der Waals surface area (Å²) in [5, 5.41) is 6.16. The molecule has 3 N–H and O–H groups in total. The lowest BCUT2D eigenvalue weighted by Gasteiger charge is -2.52. The Bertz CT molecular complexity index is 756. The van der Waals surface area contributed by atoms with E-state index in [1.165, 1.54) is 5.56 Å². The van der Waals surface area contributed by atoms with Crippen LogP contribution in [-0.2, 0) is 16.0 Å². The van der Waals surface area contributed by atoms with E-state index in [2.05, 4.69) is 41.9 Å². The van der Waals surface area contributed by atoms with E-state index in [4.69, 9.17) is 22.1 Å². The quantitative estimate of drug-likeness (QED) is 0.804. The molecule has 1 amide bonds. The molecule has 0 radical (unpaired) electrons. The second-order valence-electron chi connectivity index (χ2n) is 7.98. The van der Waals surface area contributed by atoms with Crippen LogP contribution in [0.4, 0.5) is 0 Å². The van der Waals surface area contributed by atoms with Gasteiger partial charge in [0.05, 0.1) is 11.4 Å². The van der Waals surface area contributed by atoms with Crippen molar-refractivity contribution in [2.75, 3.05) is 13.7 Å². The molecule has 2 fully saturated rings. The molecule has 7 atom stereocenters. The number of hydrogen-bond acceptors (Lipinski definition) is 4. The summed E-state index contributed by atoms with van der Waals surface area (Å²) in [5.74, 6) is 1.31. The van der Waals surface area contributed by atoms with Gasteiger partial charge in [-0.25, -0.2) is 0 Å². The molecule has 7 unspecified atom stereocenters. The maximum Gasteiger partial charge on any atom is 0.234 e. The summed E-state index contributed by atoms with van der Waals surface area (Å²) in [6.45, 7) is 2.81. The van der Waals surface area contributed by atoms with Crippen molar-refractivity contribution < 1.29 is 9.53 Å². The number of nitrogens with one attached hydrogen (secondary N) is 1. The summed E-state index contributed by atoms with van der Waals surface area (Å²) < 4.78 is 5.96. The second kappa shape index (κ2) is 7.78. The third-order valence-electron chi connectivity index (χ3n) is 6.51. The lowest BCUT2D eigenvalue weighted by Crippen LogP contribution is -2.62. The van der Waals surface area contributed by atoms with Gasteiger partial charge in [-0.1, -0.05) is 36.7 Å². The van der Waals surface area contributed by atoms with Crippen LogP contribution in [0.3, 0.4) is 0 Å². The molecule has 146 valence electrons. The number of carbonyl (C=O) groups is 1. The van der Waals surface area contributed by atoms with Crippen LogP contribution in [0.2, 0.25) is 5.02 Å². The molecule has 0 aromatic heterocycles. The number of piperidine rings is 1. The average molecular weight is 407 g/mol. The number of allylic oxidation sites excluding steroid dienone is 1. The Morgan fingerprint density at radius 1 is 1.41 bits per heavy atom. The number of amides is 1. The van der Waals surface area contributed by atoms with Gasteiger partial charge in [-0.2, -0.15) is 0 Å². The highest BCUT2D eigenvalue weighted by Gasteiger charge is 2.54. The lowest BCUT2D eigenvalue weighted by atomic mass is 9.60. The van der Waals surface area contributed by atoms with Crippen molar-refractivity contribution in [3.05, 3.63) is 45.8 Å². The van der Waals surface area contributed by atoms with Gasteiger partial charge in [0, 0.05) is 30.0 Å². The fourth-order valence-corrected chi connectivity index (χ4v) is 6.63. The number of halogens is 1. The van der Waals surface area contributed by atoms with Gasteiger partial charge in [0.1, 0.15) is 0 Å². The minimum Gasteiger partial charge on any atom is -0.381 e. The van der Waals surface area contributed by atoms with Crippen LogP contribution in [0.15, 0.2) is 29.7 Å². The highest BCUT2D eigenvalue weighted by Crippen LogP contribution is 2.52. The molecule has 27 heavy (non-hydrogen) atoms. The van der Waals surface area contributed by atoms with Gasteiger partial charge in [0.25, 0.3) is 0 Å². The number of carbonyl (C=O) groups excluding carboxylic acids is 1. The monoisotopic (exact) mass is 406 g/mol. The molecule has 2 heterocycles. The molecular formula is C21H27ClN2O2S. The Morgan fingerprint density at radius 2 is 2.22 bits per heavy atom. The summed E-state index contributed by atoms with van der Waals surface area (Å²) in [6, 6.07) is 6.54. The third kappa shape index (κ3) is 3.33. The van der Waals surface area contributed by atoms with E-state index in [1.807, 2.05) is 0 Å². The third-order valence-corrected chi connectivity index (χ3v) is 8.00. The first-order valence-corrected chi connectivity index (χ1v) is 11.0. The Kier molecular flexibility index (Phi) is 5.57. The summed E-state index contributed by atoms with van der Waals surface area (Å²) in [6.07, 6.45) is 4.06. The average Bonchev–Trinajstić information content (AvgIpc) is 3.15. The van der Waals surface area contributed by atoms with E-state index in [9.17, 15) is 4.79 Å². The second-order valence-corrected chi connectivity index (χ2v) is 9.44. The molecule has 6 heteroatoms. The summed E-state index contributed by atoms with van der Waals surface area (Å²) in [5.41, 5.74) is 7.99. The van der Waals surface area contributed by atoms with Gasteiger partial charge in [0.15, 0.2) is 0 Å². The molecule has 4 nitrogen and oxygen atoms in total. The van der Waals surface area contributed by atoms with Gasteiger partial charge in [0.2, 0.25) is 5.91 Å². The predicted molar refractivity (Wildman–Crippen MR) is 111 cm³/mol. The Hall–Kier alpha value is -1.01. The van der Waals surface area contributed by atoms with Crippen LogP contribution in [0, 0.1) is 17.8 Å². The maximum absolute atomic E-state index is 12.6. The predicted octanol–water partition coefficient (Wildman–Crippen LogP) is 3.34. The van der Waals surface area contributed by atoms with Crippen molar-refractivity contribution >= 4 is 29.3 Å². The molecule has 1 aromatic carbocycles. The first kappa shape index (κ1) is 19.3. The molecule has 0 spiro atoms. The Morgan fingerprint density at radius 3 is 2.93 bits per heavy atom. The van der Waals surface area contributed by atoms with E-state index in [-0.39, 0.29) is 35.1 Å². The van der Waals surface area contributed by atoms with Gasteiger partial charge < -0.3 is 15.8 Å². The number of hydrogen-bond donors (Lipinski definition) is 2. The van der Waals surface area contributed by atoms with Crippen LogP contribution in [0.25, 0.3) is 0 Å². The van der Waals surface area contributed by atoms with Crippen molar-refractivity contribution in [2.45, 2.75) is 43.1 Å². The largest absolute Gasteiger partial charge is 0.381 e. The topological polar surface area (TPSA) is 64.3 Å². The summed E-state index contributed by atoms with van der Waals surface area (Å²) >= 11 is 8.21. The number of methoxy groups -OCH3 is 1. The molecular weight excluding hydrogens is 380 g/mol. The molecule has 4 rings (SSSR count). The Labute approximate surface area is 170 Å². The molecule has 1 saturated heterocycles. The van der Waals surface area contributed by atoms with E-state index < -0.39 is 0 Å². The van der Waals surface area contributed by atoms with Crippen molar-refractivity contribution in [2.24, 2.45) is 23.5 Å². The van der Waals surface area contributed by atoms with E-state index in [1.54, 1.807) is 18.9 Å². The van der Waals surface area contributed by atoms with Crippen molar-refractivity contribution in [1.29, 1.82) is 0 Å². The molecule has 2 aliphatic heterocycles. The highest BCUT2D eigenvalue weighted by atomic mass is 35.5. The molecule has 1 aromatic rings. The number of rotatable bonds is 4. The van der Waals surface area contributed by atoms with Crippen LogP contribution >= 0.6 is 23.4 Å². The van der Waals surface area contributed by atoms with E-state index in [0.29, 0.717) is 18.4 Å². The lowest BCUT2D eigenvalue weighted by molar-refractivity contribution is -0.128. The molecule has 1 saturated carbocycles. The zero-order chi connectivity index (χ0) is 19.1. The fraction of sp³-hybridized carbons (Fsp3) is 0.571. The number of ether oxygens (including phenoxy) is 1. The molecule has 1 aliphatic carbocycles. The van der Waals surface area contributed by atoms with Crippen molar-refractivity contribution in [1.82, 2.24) is 5.32 Å². The van der Waals surface area contributed by atoms with E-state index in [0.717, 1.165) is 23.4 Å². The molecule has 3 aliphatic rings. The highest BCUT2D eigenvalue weighted by molar-refractivity contribution is 8.03. The normalized spacial score (nSPS) is 37.6. The van der Waals surface area contributed by atoms with Crippen LogP contribution < -0.4 is 11.1 Å². The van der Waals surface area contributed by atoms with Gasteiger partial charge in [-0.15, -0.1) is 11.8 Å². The number of fused-ring (bicyclic) bond motifs is 3. The number of thioether (sulfide) groups is 1. The fourth-order valence-electron chi connectivity index (χ4n) is 5.26. The van der Waals surface area contributed by atoms with Gasteiger partial charge in [-0.3, -0.25) is 4.79 Å². The van der Waals surface area contributed by atoms with Crippen LogP contribution in [0.1, 0.15) is 30.4 Å². The number of nitrogens with two attached hydrogens (primary N) is 1. The minimum atomic E-state index is -0.0245. The van der Waals surface area contributed by atoms with Crippen LogP contribution in [-0.4, -0.2) is 37.0 Å². The van der Waals surface area contributed by atoms with Crippen molar-refractivity contribution in [3.8, 4) is 0 Å². The summed E-state index contributed by atoms with van der Waals surface area (Å²) in [4.78, 5) is 12.6. The summed E-state index contributed by atoms with van der Waals surface area (Å²) in [7, 11) is 1.80. The minimum absolute atomic E-state index is 0.0245. The van der Waals surface area contributed by atoms with Crippen LogP contribution in [0.5, 0.6) is 0 Å². The standard InChI is InChI=1S/C21H27ClN2O2S/c1-11-9-16(26-2)17(13-4-3-12(5-7-23)15(22)10-13)18-14-6-8-27-20(14)21(25)24-19(11)18/h3-4,6,8,10-11,14,16-20H,5,7,9,23H2,1-2H3,(H,24,25). The number of benzene rings is 1. The van der Waals surface area contributed by atoms with Gasteiger partial charge in [-0.05, 0) is 53.8 Å². The van der Waals surface area contributed by atoms with Crippen molar-refractivity contribution in [3.63, 3.8) is 0 Å². The zero-order valence-electron chi connectivity index (χ0n) is 15.7. The van der Waals surface area contributed by atoms with Gasteiger partial charge >= 0.3 is 0 Å². The zero-order valence-corrected chi connectivity index (χ0v) is 17.3. The first-order valence-electron chi connectivity index (χ1n) is 9.68. The SMILES string of the molecule is COC1CC(C)C2NC(=O)C3SC=CC3C2C1c1ccc(CCN)c(Cl)c1. The first-order chi connectivity index (χ1) is 13.0.